The van der Waals surface area contributed by atoms with E-state index in [9.17, 15) is 0 Å². The Morgan fingerprint density at radius 3 is 2.77 bits per heavy atom. The Hall–Kier alpha value is -3.19. The van der Waals surface area contributed by atoms with E-state index in [0.717, 1.165) is 36.7 Å². The first-order valence-electron chi connectivity index (χ1n) is 8.73. The van der Waals surface area contributed by atoms with Crippen molar-refractivity contribution in [2.45, 2.75) is 19.0 Å². The zero-order valence-corrected chi connectivity index (χ0v) is 14.2. The van der Waals surface area contributed by atoms with Gasteiger partial charge >= 0.3 is 0 Å². The molecule has 0 aliphatic carbocycles. The maximum Gasteiger partial charge on any atom is 0.120 e. The summed E-state index contributed by atoms with van der Waals surface area (Å²) >= 11 is 0. The topological polar surface area (TPSA) is 78.4 Å². The monoisotopic (exact) mass is 345 g/mol. The van der Waals surface area contributed by atoms with Gasteiger partial charge in [0, 0.05) is 43.4 Å². The highest BCUT2D eigenvalue weighted by molar-refractivity contribution is 5.39. The highest BCUT2D eigenvalue weighted by Crippen LogP contribution is 2.34. The molecule has 7 heteroatoms. The van der Waals surface area contributed by atoms with E-state index < -0.39 is 0 Å². The molecule has 0 radical (unpaired) electrons. The summed E-state index contributed by atoms with van der Waals surface area (Å²) in [5.74, 6) is 0.974. The third-order valence-corrected chi connectivity index (χ3v) is 4.91. The summed E-state index contributed by atoms with van der Waals surface area (Å²) in [5, 5.41) is 4.30. The number of rotatable bonds is 4. The van der Waals surface area contributed by atoms with Gasteiger partial charge in [0.1, 0.15) is 5.82 Å². The van der Waals surface area contributed by atoms with Crippen LogP contribution in [0, 0.1) is 0 Å². The highest BCUT2D eigenvalue weighted by Gasteiger charge is 2.31. The lowest BCUT2D eigenvalue weighted by atomic mass is 9.95. The van der Waals surface area contributed by atoms with Gasteiger partial charge in [-0.25, -0.2) is 14.6 Å². The fraction of sp³-hybridized carbons (Fsp3) is 0.211. The van der Waals surface area contributed by atoms with Crippen LogP contribution in [0.2, 0.25) is 0 Å². The van der Waals surface area contributed by atoms with Crippen LogP contribution in [0.4, 0.5) is 0 Å². The third-order valence-electron chi connectivity index (χ3n) is 4.91. The Kier molecular flexibility index (Phi) is 3.64. The largest absolute Gasteiger partial charge is 0.348 e. The maximum absolute atomic E-state index is 4.62. The van der Waals surface area contributed by atoms with Crippen LogP contribution in [0.5, 0.6) is 0 Å². The number of nitrogens with zero attached hydrogens (tertiary/aromatic N) is 5. The average molecular weight is 345 g/mol. The molecule has 3 aromatic heterocycles. The van der Waals surface area contributed by atoms with Gasteiger partial charge < -0.3 is 9.97 Å². The van der Waals surface area contributed by atoms with E-state index in [2.05, 4.69) is 54.2 Å². The molecule has 1 aromatic carbocycles. The van der Waals surface area contributed by atoms with Gasteiger partial charge in [0.25, 0.3) is 0 Å². The molecule has 0 saturated carbocycles. The molecule has 5 rings (SSSR count). The SMILES string of the molecule is c1cnn(-c2ccc([C@@H]3c4nc[nH]c4CCN3Cc3ncc[nH]3)cc2)c1. The van der Waals surface area contributed by atoms with E-state index >= 15 is 0 Å². The maximum atomic E-state index is 4.62. The molecule has 1 aliphatic rings. The lowest BCUT2D eigenvalue weighted by Gasteiger charge is -2.34. The van der Waals surface area contributed by atoms with Crippen LogP contribution in [0.1, 0.15) is 28.8 Å². The van der Waals surface area contributed by atoms with E-state index in [4.69, 9.17) is 0 Å². The first kappa shape index (κ1) is 15.1. The van der Waals surface area contributed by atoms with E-state index in [1.54, 1.807) is 18.7 Å². The molecular weight excluding hydrogens is 326 g/mol. The number of H-pyrrole nitrogens is 2. The van der Waals surface area contributed by atoms with E-state index in [0.29, 0.717) is 0 Å². The number of nitrogens with one attached hydrogen (secondary N) is 2. The summed E-state index contributed by atoms with van der Waals surface area (Å²) in [7, 11) is 0. The van der Waals surface area contributed by atoms with Crippen molar-refractivity contribution in [1.29, 1.82) is 0 Å². The van der Waals surface area contributed by atoms with Gasteiger partial charge in [-0.05, 0) is 23.8 Å². The average Bonchev–Trinajstić information content (AvgIpc) is 3.44. The molecule has 0 unspecified atom stereocenters. The summed E-state index contributed by atoms with van der Waals surface area (Å²) in [4.78, 5) is 17.9. The molecular formula is C19H19N7. The smallest absolute Gasteiger partial charge is 0.120 e. The predicted molar refractivity (Wildman–Crippen MR) is 96.7 cm³/mol. The van der Waals surface area contributed by atoms with Crippen LogP contribution in [0.15, 0.2) is 61.4 Å². The number of benzene rings is 1. The first-order valence-corrected chi connectivity index (χ1v) is 8.73. The van der Waals surface area contributed by atoms with Crippen molar-refractivity contribution in [3.63, 3.8) is 0 Å². The van der Waals surface area contributed by atoms with Crippen LogP contribution in [-0.2, 0) is 13.0 Å². The van der Waals surface area contributed by atoms with Crippen molar-refractivity contribution in [2.24, 2.45) is 0 Å². The number of aromatic nitrogens is 6. The summed E-state index contributed by atoms with van der Waals surface area (Å²) < 4.78 is 1.87. The molecule has 7 nitrogen and oxygen atoms in total. The summed E-state index contributed by atoms with van der Waals surface area (Å²) in [6.07, 6.45) is 10.2. The van der Waals surface area contributed by atoms with Crippen LogP contribution < -0.4 is 0 Å². The summed E-state index contributed by atoms with van der Waals surface area (Å²) in [6.45, 7) is 1.73. The Bertz CT molecular complexity index is 968. The second-order valence-electron chi connectivity index (χ2n) is 6.47. The lowest BCUT2D eigenvalue weighted by Crippen LogP contribution is -2.36. The molecule has 2 N–H and O–H groups in total. The van der Waals surface area contributed by atoms with Crippen molar-refractivity contribution < 1.29 is 0 Å². The van der Waals surface area contributed by atoms with Gasteiger partial charge in [0.15, 0.2) is 0 Å². The fourth-order valence-electron chi connectivity index (χ4n) is 3.67. The van der Waals surface area contributed by atoms with Gasteiger partial charge in [0.05, 0.1) is 30.3 Å². The van der Waals surface area contributed by atoms with Crippen molar-refractivity contribution in [3.8, 4) is 5.69 Å². The molecule has 1 atom stereocenters. The quantitative estimate of drug-likeness (QED) is 0.596. The molecule has 0 saturated heterocycles. The zero-order valence-electron chi connectivity index (χ0n) is 14.2. The summed E-state index contributed by atoms with van der Waals surface area (Å²) in [6, 6.07) is 10.6. The normalized spacial score (nSPS) is 17.3. The van der Waals surface area contributed by atoms with Crippen molar-refractivity contribution in [2.75, 3.05) is 6.54 Å². The second kappa shape index (κ2) is 6.27. The predicted octanol–water partition coefficient (Wildman–Crippen LogP) is 2.47. The Morgan fingerprint density at radius 2 is 2.00 bits per heavy atom. The van der Waals surface area contributed by atoms with E-state index in [1.165, 1.54) is 11.3 Å². The minimum absolute atomic E-state index is 0.113. The molecule has 0 amide bonds. The van der Waals surface area contributed by atoms with Crippen LogP contribution in [-0.4, -0.2) is 41.2 Å². The second-order valence-corrected chi connectivity index (χ2v) is 6.47. The molecule has 4 aromatic rings. The Morgan fingerprint density at radius 1 is 1.08 bits per heavy atom. The lowest BCUT2D eigenvalue weighted by molar-refractivity contribution is 0.196. The van der Waals surface area contributed by atoms with Crippen molar-refractivity contribution >= 4 is 0 Å². The number of fused-ring (bicyclic) bond motifs is 1. The van der Waals surface area contributed by atoms with Crippen LogP contribution in [0.3, 0.4) is 0 Å². The molecule has 0 bridgehead atoms. The molecule has 26 heavy (non-hydrogen) atoms. The van der Waals surface area contributed by atoms with Gasteiger partial charge in [0.2, 0.25) is 0 Å². The Labute approximate surface area is 150 Å². The van der Waals surface area contributed by atoms with Gasteiger partial charge in [-0.1, -0.05) is 12.1 Å². The minimum Gasteiger partial charge on any atom is -0.348 e. The summed E-state index contributed by atoms with van der Waals surface area (Å²) in [5.41, 5.74) is 4.60. The van der Waals surface area contributed by atoms with Crippen molar-refractivity contribution in [1.82, 2.24) is 34.6 Å². The third kappa shape index (κ3) is 2.62. The van der Waals surface area contributed by atoms with Gasteiger partial charge in [-0.15, -0.1) is 0 Å². The van der Waals surface area contributed by atoms with Crippen LogP contribution >= 0.6 is 0 Å². The van der Waals surface area contributed by atoms with Gasteiger partial charge in [-0.3, -0.25) is 4.90 Å². The molecule has 0 spiro atoms. The molecule has 1 aliphatic heterocycles. The minimum atomic E-state index is 0.113. The number of hydrogen-bond donors (Lipinski definition) is 2. The van der Waals surface area contributed by atoms with E-state index in [-0.39, 0.29) is 6.04 Å². The molecule has 0 fully saturated rings. The number of imidazole rings is 2. The standard InChI is InChI=1S/C19H19N7/c1-7-24-26(10-1)15-4-2-14(3-5-15)19-18-16(22-13-23-18)6-11-25(19)12-17-20-8-9-21-17/h1-5,7-10,13,19H,6,11-12H2,(H,20,21)(H,22,23)/t19-/m1/s1. The highest BCUT2D eigenvalue weighted by atomic mass is 15.3. The first-order chi connectivity index (χ1) is 12.9. The zero-order chi connectivity index (χ0) is 17.3. The number of hydrogen-bond acceptors (Lipinski definition) is 4. The van der Waals surface area contributed by atoms with Crippen LogP contribution in [0.25, 0.3) is 5.69 Å². The Balaban J connectivity index is 1.50. The van der Waals surface area contributed by atoms with Crippen molar-refractivity contribution in [3.05, 3.63) is 84.2 Å². The number of aromatic amines is 2. The fourth-order valence-corrected chi connectivity index (χ4v) is 3.67. The molecule has 130 valence electrons. The van der Waals surface area contributed by atoms with E-state index in [1.807, 2.05) is 23.1 Å². The molecule has 4 heterocycles. The van der Waals surface area contributed by atoms with Gasteiger partial charge in [-0.2, -0.15) is 5.10 Å².